The summed E-state index contributed by atoms with van der Waals surface area (Å²) >= 11 is 0. The molecule has 0 aromatic heterocycles. The minimum atomic E-state index is -1.50. The van der Waals surface area contributed by atoms with Crippen LogP contribution in [0.15, 0.2) is 34.5 Å². The second-order valence-corrected chi connectivity index (χ2v) is 2.99. The van der Waals surface area contributed by atoms with Crippen LogP contribution in [0.2, 0.25) is 0 Å². The third kappa shape index (κ3) is 7.45. The van der Waals surface area contributed by atoms with Crippen molar-refractivity contribution >= 4 is 11.7 Å². The fourth-order valence-corrected chi connectivity index (χ4v) is 0.893. The third-order valence-corrected chi connectivity index (χ3v) is 1.60. The lowest BCUT2D eigenvalue weighted by molar-refractivity contribution is -0.742. The fraction of sp³-hybridized carbons (Fsp3) is 0.111. The third-order valence-electron chi connectivity index (χ3n) is 1.60. The lowest BCUT2D eigenvalue weighted by Gasteiger charge is -1.98. The van der Waals surface area contributed by atoms with Gasteiger partial charge in [-0.1, -0.05) is 0 Å². The molecule has 1 aromatic rings. The minimum absolute atomic E-state index is 0.0804. The maximum absolute atomic E-state index is 9.05. The number of benzene rings is 1. The molecule has 1 aromatic carbocycles. The van der Waals surface area contributed by atoms with E-state index in [4.69, 9.17) is 31.9 Å². The molecule has 9 heteroatoms. The molecular weight excluding hydrogens is 242 g/mol. The largest absolute Gasteiger partial charge is 0.508 e. The highest BCUT2D eigenvalue weighted by Gasteiger charge is 1.96. The average Bonchev–Trinajstić information content (AvgIpc) is 2.26. The van der Waals surface area contributed by atoms with Gasteiger partial charge in [0.15, 0.2) is 0 Å². The summed E-state index contributed by atoms with van der Waals surface area (Å²) < 4.78 is 0. The smallest absolute Gasteiger partial charge is 0.291 e. The van der Waals surface area contributed by atoms with Crippen LogP contribution in [0.4, 0.5) is 0 Å². The van der Waals surface area contributed by atoms with Crippen LogP contribution in [0.5, 0.6) is 5.75 Å². The van der Waals surface area contributed by atoms with Crippen molar-refractivity contribution in [1.82, 2.24) is 0 Å². The summed E-state index contributed by atoms with van der Waals surface area (Å²) in [5.41, 5.74) is 11.8. The molecule has 0 heterocycles. The molecule has 0 aliphatic carbocycles. The highest BCUT2D eigenvalue weighted by molar-refractivity contribution is 5.99. The van der Waals surface area contributed by atoms with Crippen LogP contribution in [0.1, 0.15) is 12.5 Å². The van der Waals surface area contributed by atoms with E-state index < -0.39 is 5.09 Å². The Labute approximate surface area is 102 Å². The Bertz CT molecular complexity index is 447. The van der Waals surface area contributed by atoms with Crippen molar-refractivity contribution in [1.29, 1.82) is 0 Å². The van der Waals surface area contributed by atoms with Crippen molar-refractivity contribution in [2.75, 3.05) is 0 Å². The number of nitrogens with zero attached hydrogens (tertiary/aromatic N) is 3. The lowest BCUT2D eigenvalue weighted by Crippen LogP contribution is -2.22. The number of hydrogen-bond donors (Lipinski definition) is 4. The molecule has 0 spiro atoms. The monoisotopic (exact) mass is 255 g/mol. The molecule has 0 saturated heterocycles. The predicted molar refractivity (Wildman–Crippen MR) is 64.9 cm³/mol. The van der Waals surface area contributed by atoms with Crippen LogP contribution in [0.25, 0.3) is 0 Å². The number of guanidine groups is 1. The van der Waals surface area contributed by atoms with Gasteiger partial charge in [0, 0.05) is 0 Å². The Balaban J connectivity index is 0.000000631. The first-order valence-corrected chi connectivity index (χ1v) is 4.58. The second-order valence-electron chi connectivity index (χ2n) is 2.99. The predicted octanol–water partition coefficient (Wildman–Crippen LogP) is 0.0419. The van der Waals surface area contributed by atoms with E-state index in [2.05, 4.69) is 10.2 Å². The van der Waals surface area contributed by atoms with Crippen molar-refractivity contribution in [2.45, 2.75) is 6.92 Å². The zero-order valence-corrected chi connectivity index (χ0v) is 9.52. The van der Waals surface area contributed by atoms with E-state index >= 15 is 0 Å². The maximum atomic E-state index is 9.05. The first-order valence-electron chi connectivity index (χ1n) is 4.58. The Hall–Kier alpha value is -2.84. The van der Waals surface area contributed by atoms with Crippen molar-refractivity contribution < 1.29 is 15.4 Å². The molecule has 0 aliphatic heterocycles. The van der Waals surface area contributed by atoms with Gasteiger partial charge in [0.1, 0.15) is 5.75 Å². The van der Waals surface area contributed by atoms with Crippen molar-refractivity contribution in [2.24, 2.45) is 21.7 Å². The molecule has 0 unspecified atom stereocenters. The van der Waals surface area contributed by atoms with E-state index in [-0.39, 0.29) is 11.7 Å². The van der Waals surface area contributed by atoms with Gasteiger partial charge in [-0.05, 0) is 36.8 Å². The topological polar surface area (TPSA) is 160 Å². The lowest BCUT2D eigenvalue weighted by atomic mass is 10.1. The van der Waals surface area contributed by atoms with E-state index in [0.717, 1.165) is 5.56 Å². The molecule has 0 radical (unpaired) electrons. The molecule has 18 heavy (non-hydrogen) atoms. The molecular formula is C9H13N5O4. The van der Waals surface area contributed by atoms with E-state index in [1.807, 2.05) is 0 Å². The van der Waals surface area contributed by atoms with E-state index in [0.29, 0.717) is 5.71 Å². The number of phenols is 1. The quantitative estimate of drug-likeness (QED) is 0.252. The molecule has 0 atom stereocenters. The van der Waals surface area contributed by atoms with Gasteiger partial charge in [-0.3, -0.25) is 0 Å². The van der Waals surface area contributed by atoms with Gasteiger partial charge in [0.25, 0.3) is 5.09 Å². The van der Waals surface area contributed by atoms with Crippen LogP contribution in [0.3, 0.4) is 0 Å². The summed E-state index contributed by atoms with van der Waals surface area (Å²) in [4.78, 5) is 8.36. The summed E-state index contributed by atoms with van der Waals surface area (Å²) in [7, 11) is 0. The molecule has 98 valence electrons. The van der Waals surface area contributed by atoms with Gasteiger partial charge in [-0.2, -0.15) is 5.10 Å². The molecule has 0 bridgehead atoms. The van der Waals surface area contributed by atoms with Crippen molar-refractivity contribution in [3.05, 3.63) is 39.9 Å². The summed E-state index contributed by atoms with van der Waals surface area (Å²) in [6.07, 6.45) is 0. The number of hydrogen-bond acceptors (Lipinski definition) is 5. The van der Waals surface area contributed by atoms with Crippen molar-refractivity contribution in [3.8, 4) is 5.75 Å². The molecule has 0 saturated carbocycles. The standard InChI is InChI=1S/C9H12N4O.HNO3/c1-6(12-13-9(10)11)7-2-4-8(14)5-3-7;2-1(3)4/h2-5,14H,1H3,(H4,10,11,13);(H,2,3,4)/b12-6-;. The second kappa shape index (κ2) is 7.44. The first kappa shape index (κ1) is 15.2. The highest BCUT2D eigenvalue weighted by Crippen LogP contribution is 2.10. The van der Waals surface area contributed by atoms with Gasteiger partial charge in [-0.25, -0.2) is 0 Å². The van der Waals surface area contributed by atoms with E-state index in [9.17, 15) is 0 Å². The minimum Gasteiger partial charge on any atom is -0.508 e. The normalized spacial score (nSPS) is 9.94. The average molecular weight is 255 g/mol. The number of phenolic OH excluding ortho intramolecular Hbond substituents is 1. The fourth-order valence-electron chi connectivity index (χ4n) is 0.893. The molecule has 6 N–H and O–H groups in total. The van der Waals surface area contributed by atoms with Gasteiger partial charge in [0.2, 0.25) is 5.96 Å². The summed E-state index contributed by atoms with van der Waals surface area (Å²) in [5.74, 6) is 0.131. The number of aromatic hydroxyl groups is 1. The summed E-state index contributed by atoms with van der Waals surface area (Å²) in [5, 5.41) is 30.0. The van der Waals surface area contributed by atoms with Gasteiger partial charge in [0.05, 0.1) is 5.71 Å². The maximum Gasteiger partial charge on any atom is 0.291 e. The van der Waals surface area contributed by atoms with E-state index in [1.165, 1.54) is 0 Å². The van der Waals surface area contributed by atoms with Crippen molar-refractivity contribution in [3.63, 3.8) is 0 Å². The molecule has 0 amide bonds. The zero-order chi connectivity index (χ0) is 14.1. The Morgan fingerprint density at radius 3 is 2.11 bits per heavy atom. The molecule has 9 nitrogen and oxygen atoms in total. The Kier molecular flexibility index (Phi) is 6.26. The SMILES string of the molecule is C/C(=N/N=C(N)N)c1ccc(O)cc1.O=[N+]([O-])O. The first-order chi connectivity index (χ1) is 8.32. The van der Waals surface area contributed by atoms with Crippen LogP contribution >= 0.6 is 0 Å². The molecule has 0 aliphatic rings. The zero-order valence-electron chi connectivity index (χ0n) is 9.52. The Morgan fingerprint density at radius 2 is 1.72 bits per heavy atom. The van der Waals surface area contributed by atoms with Gasteiger partial charge < -0.3 is 21.8 Å². The van der Waals surface area contributed by atoms with Crippen LogP contribution < -0.4 is 11.5 Å². The van der Waals surface area contributed by atoms with Gasteiger partial charge >= 0.3 is 0 Å². The molecule has 1 rings (SSSR count). The van der Waals surface area contributed by atoms with Crippen LogP contribution in [-0.4, -0.2) is 27.1 Å². The number of rotatable bonds is 2. The Morgan fingerprint density at radius 1 is 1.28 bits per heavy atom. The number of nitrogens with two attached hydrogens (primary N) is 2. The van der Waals surface area contributed by atoms with E-state index in [1.54, 1.807) is 31.2 Å². The summed E-state index contributed by atoms with van der Waals surface area (Å²) in [6.45, 7) is 1.78. The highest BCUT2D eigenvalue weighted by atomic mass is 16.9. The van der Waals surface area contributed by atoms with Gasteiger partial charge in [-0.15, -0.1) is 15.2 Å². The summed E-state index contributed by atoms with van der Waals surface area (Å²) in [6, 6.07) is 6.61. The molecule has 0 fully saturated rings. The van der Waals surface area contributed by atoms with Crippen LogP contribution in [-0.2, 0) is 0 Å². The van der Waals surface area contributed by atoms with Crippen LogP contribution in [0, 0.1) is 10.1 Å².